The molecule has 0 saturated carbocycles. The molecule has 3 aromatic heterocycles. The zero-order valence-electron chi connectivity index (χ0n) is 13.2. The normalized spacial score (nSPS) is 11.3. The zero-order chi connectivity index (χ0) is 16.0. The summed E-state index contributed by atoms with van der Waals surface area (Å²) in [5.74, 6) is 0.831. The Balaban J connectivity index is 2.02. The van der Waals surface area contributed by atoms with Crippen molar-refractivity contribution >= 4 is 16.7 Å². The highest BCUT2D eigenvalue weighted by atomic mass is 16.5. The third-order valence-corrected chi connectivity index (χ3v) is 3.99. The van der Waals surface area contributed by atoms with Crippen LogP contribution in [-0.4, -0.2) is 26.7 Å². The van der Waals surface area contributed by atoms with Crippen molar-refractivity contribution in [2.75, 3.05) is 7.11 Å². The minimum Gasteiger partial charge on any atom is -0.497 e. The van der Waals surface area contributed by atoms with Crippen molar-refractivity contribution in [3.63, 3.8) is 0 Å². The molecule has 0 radical (unpaired) electrons. The van der Waals surface area contributed by atoms with Crippen LogP contribution in [0.5, 0.6) is 5.75 Å². The number of nitrogens with zero attached hydrogens (tertiary/aromatic N) is 4. The molecule has 0 bridgehead atoms. The van der Waals surface area contributed by atoms with E-state index in [-0.39, 0.29) is 0 Å². The van der Waals surface area contributed by atoms with Crippen LogP contribution in [0.15, 0.2) is 42.6 Å². The van der Waals surface area contributed by atoms with Gasteiger partial charge in [0, 0.05) is 17.5 Å². The number of fused-ring (bicyclic) bond motifs is 3. The molecule has 4 aromatic rings. The number of aryl methyl sites for hydroxylation is 2. The van der Waals surface area contributed by atoms with Crippen LogP contribution in [0.4, 0.5) is 0 Å². The van der Waals surface area contributed by atoms with E-state index in [1.54, 1.807) is 7.11 Å². The van der Waals surface area contributed by atoms with Crippen molar-refractivity contribution in [3.8, 4) is 17.0 Å². The summed E-state index contributed by atoms with van der Waals surface area (Å²) in [5.41, 5.74) is 5.70. The minimum atomic E-state index is 0.732. The van der Waals surface area contributed by atoms with Gasteiger partial charge >= 0.3 is 0 Å². The van der Waals surface area contributed by atoms with Gasteiger partial charge in [0.25, 0.3) is 0 Å². The molecular formula is C18H16N4O. The molecule has 0 saturated heterocycles. The van der Waals surface area contributed by atoms with Gasteiger partial charge in [-0.05, 0) is 55.8 Å². The van der Waals surface area contributed by atoms with E-state index in [0.717, 1.165) is 44.9 Å². The third-order valence-electron chi connectivity index (χ3n) is 3.99. The van der Waals surface area contributed by atoms with Crippen molar-refractivity contribution in [1.82, 2.24) is 19.6 Å². The van der Waals surface area contributed by atoms with Crippen LogP contribution in [-0.2, 0) is 0 Å². The summed E-state index contributed by atoms with van der Waals surface area (Å²) in [6.45, 7) is 4.05. The molecule has 0 N–H and O–H groups in total. The first-order chi connectivity index (χ1) is 11.2. The van der Waals surface area contributed by atoms with Crippen LogP contribution in [0.2, 0.25) is 0 Å². The average Bonchev–Trinajstić information content (AvgIpc) is 2.93. The Morgan fingerprint density at radius 3 is 2.57 bits per heavy atom. The summed E-state index contributed by atoms with van der Waals surface area (Å²) in [6.07, 6.45) is 1.81. The van der Waals surface area contributed by atoms with Crippen molar-refractivity contribution in [2.24, 2.45) is 0 Å². The molecule has 0 aliphatic heterocycles. The second-order valence-corrected chi connectivity index (χ2v) is 5.57. The fourth-order valence-electron chi connectivity index (χ4n) is 2.93. The first-order valence-electron chi connectivity index (χ1n) is 7.43. The topological polar surface area (TPSA) is 52.3 Å². The molecule has 114 valence electrons. The van der Waals surface area contributed by atoms with E-state index in [1.807, 2.05) is 48.0 Å². The summed E-state index contributed by atoms with van der Waals surface area (Å²) in [5, 5.41) is 5.67. The largest absolute Gasteiger partial charge is 0.497 e. The van der Waals surface area contributed by atoms with Crippen molar-refractivity contribution in [2.45, 2.75) is 13.8 Å². The molecule has 0 aliphatic rings. The summed E-state index contributed by atoms with van der Waals surface area (Å²) in [7, 11) is 1.66. The Bertz CT molecular complexity index is 1020. The van der Waals surface area contributed by atoms with E-state index in [9.17, 15) is 0 Å². The molecule has 0 spiro atoms. The van der Waals surface area contributed by atoms with E-state index >= 15 is 0 Å². The van der Waals surface area contributed by atoms with Crippen LogP contribution in [0.3, 0.4) is 0 Å². The minimum absolute atomic E-state index is 0.732. The average molecular weight is 304 g/mol. The smallest absolute Gasteiger partial charge is 0.184 e. The molecule has 0 atom stereocenters. The van der Waals surface area contributed by atoms with Crippen molar-refractivity contribution < 1.29 is 4.74 Å². The number of pyridine rings is 1. The van der Waals surface area contributed by atoms with Crippen LogP contribution >= 0.6 is 0 Å². The molecule has 0 fully saturated rings. The van der Waals surface area contributed by atoms with Crippen molar-refractivity contribution in [3.05, 3.63) is 53.9 Å². The summed E-state index contributed by atoms with van der Waals surface area (Å²) >= 11 is 0. The van der Waals surface area contributed by atoms with Crippen LogP contribution < -0.4 is 4.74 Å². The Labute approximate surface area is 133 Å². The highest BCUT2D eigenvalue weighted by Gasteiger charge is 2.14. The fourth-order valence-corrected chi connectivity index (χ4v) is 2.93. The van der Waals surface area contributed by atoms with Gasteiger partial charge in [-0.1, -0.05) is 0 Å². The molecule has 0 unspecified atom stereocenters. The van der Waals surface area contributed by atoms with Gasteiger partial charge in [-0.15, -0.1) is 5.10 Å². The number of ether oxygens (including phenoxy) is 1. The lowest BCUT2D eigenvalue weighted by atomic mass is 10.1. The highest BCUT2D eigenvalue weighted by Crippen LogP contribution is 2.27. The highest BCUT2D eigenvalue weighted by molar-refractivity contribution is 5.93. The maximum Gasteiger partial charge on any atom is 0.184 e. The maximum absolute atomic E-state index is 5.22. The van der Waals surface area contributed by atoms with Gasteiger partial charge in [0.15, 0.2) is 11.3 Å². The molecular weight excluding hydrogens is 288 g/mol. The monoisotopic (exact) mass is 304 g/mol. The maximum atomic E-state index is 5.22. The number of aromatic nitrogens is 4. The predicted octanol–water partition coefficient (Wildman–Crippen LogP) is 3.57. The van der Waals surface area contributed by atoms with Gasteiger partial charge in [0.2, 0.25) is 0 Å². The van der Waals surface area contributed by atoms with Crippen LogP contribution in [0.1, 0.15) is 11.3 Å². The zero-order valence-corrected chi connectivity index (χ0v) is 13.2. The Hall–Kier alpha value is -2.95. The summed E-state index contributed by atoms with van der Waals surface area (Å²) < 4.78 is 7.09. The Morgan fingerprint density at radius 1 is 1.04 bits per heavy atom. The number of hydrogen-bond donors (Lipinski definition) is 0. The van der Waals surface area contributed by atoms with Crippen molar-refractivity contribution in [1.29, 1.82) is 0 Å². The van der Waals surface area contributed by atoms with E-state index in [1.165, 1.54) is 0 Å². The molecule has 0 amide bonds. The Morgan fingerprint density at radius 2 is 1.83 bits per heavy atom. The van der Waals surface area contributed by atoms with E-state index in [0.29, 0.717) is 0 Å². The molecule has 23 heavy (non-hydrogen) atoms. The van der Waals surface area contributed by atoms with Gasteiger partial charge in [0.1, 0.15) is 5.75 Å². The lowest BCUT2D eigenvalue weighted by molar-refractivity contribution is 0.415. The van der Waals surface area contributed by atoms with E-state index in [2.05, 4.69) is 28.1 Å². The molecule has 4 rings (SSSR count). The molecule has 0 aliphatic carbocycles. The third kappa shape index (κ3) is 2.12. The predicted molar refractivity (Wildman–Crippen MR) is 89.8 cm³/mol. The van der Waals surface area contributed by atoms with Gasteiger partial charge in [-0.2, -0.15) is 0 Å². The number of rotatable bonds is 2. The van der Waals surface area contributed by atoms with Gasteiger partial charge < -0.3 is 4.74 Å². The molecule has 1 aromatic carbocycles. The standard InChI is InChI=1S/C18H16N4O/c1-11-10-12(2)20-17-16(11)18-19-9-8-15(22(18)21-17)13-4-6-14(23-3)7-5-13/h4-10H,1-3H3. The number of methoxy groups -OCH3 is 1. The SMILES string of the molecule is COc1ccc(-c2ccnc3c4c(C)cc(C)nc4nn23)cc1. The number of hydrogen-bond acceptors (Lipinski definition) is 4. The van der Waals surface area contributed by atoms with Gasteiger partial charge in [0.05, 0.1) is 18.2 Å². The Kier molecular flexibility index (Phi) is 3.01. The second-order valence-electron chi connectivity index (χ2n) is 5.57. The summed E-state index contributed by atoms with van der Waals surface area (Å²) in [4.78, 5) is 9.06. The lowest BCUT2D eigenvalue weighted by Crippen LogP contribution is -1.95. The summed E-state index contributed by atoms with van der Waals surface area (Å²) in [6, 6.07) is 11.9. The second kappa shape index (κ2) is 5.05. The molecule has 5 nitrogen and oxygen atoms in total. The molecule has 5 heteroatoms. The quantitative estimate of drug-likeness (QED) is 0.568. The molecule has 3 heterocycles. The van der Waals surface area contributed by atoms with Gasteiger partial charge in [-0.25, -0.2) is 14.5 Å². The van der Waals surface area contributed by atoms with E-state index < -0.39 is 0 Å². The first kappa shape index (κ1) is 13.7. The van der Waals surface area contributed by atoms with E-state index in [4.69, 9.17) is 4.74 Å². The van der Waals surface area contributed by atoms with Gasteiger partial charge in [-0.3, -0.25) is 0 Å². The first-order valence-corrected chi connectivity index (χ1v) is 7.43. The van der Waals surface area contributed by atoms with Crippen LogP contribution in [0.25, 0.3) is 27.9 Å². The fraction of sp³-hybridized carbons (Fsp3) is 0.167. The number of benzene rings is 1. The van der Waals surface area contributed by atoms with Crippen LogP contribution in [0, 0.1) is 13.8 Å². The lowest BCUT2D eigenvalue weighted by Gasteiger charge is -2.05.